The van der Waals surface area contributed by atoms with Crippen molar-refractivity contribution in [2.75, 3.05) is 19.7 Å². The molecule has 176 valence electrons. The number of likely N-dealkylation sites (tertiary alicyclic amines) is 1. The van der Waals surface area contributed by atoms with Crippen molar-refractivity contribution < 1.29 is 19.1 Å². The van der Waals surface area contributed by atoms with Gasteiger partial charge >= 0.3 is 0 Å². The van der Waals surface area contributed by atoms with Crippen LogP contribution in [0.15, 0.2) is 36.4 Å². The molecule has 0 unspecified atom stereocenters. The standard InChI is InChI=1S/C27H34N2O4/c1-18-5-9-22(10-6-18)24(30)11-12-25(31)28-23-13-15-29(16-14-23)26(32)17-33-27-20(3)8-7-19(2)21(27)4/h5-10,23H,11-17H2,1-4H3,(H,28,31). The number of ether oxygens (including phenoxy) is 1. The van der Waals surface area contributed by atoms with Crippen LogP contribution in [0.5, 0.6) is 5.75 Å². The fraction of sp³-hybridized carbons (Fsp3) is 0.444. The van der Waals surface area contributed by atoms with Gasteiger partial charge in [-0.25, -0.2) is 0 Å². The average Bonchev–Trinajstić information content (AvgIpc) is 2.81. The summed E-state index contributed by atoms with van der Waals surface area (Å²) in [6, 6.07) is 11.5. The van der Waals surface area contributed by atoms with Crippen molar-refractivity contribution in [1.82, 2.24) is 10.2 Å². The number of Topliss-reactive ketones (excluding diaryl/α,β-unsaturated/α-hetero) is 1. The van der Waals surface area contributed by atoms with Gasteiger partial charge in [0.25, 0.3) is 5.91 Å². The summed E-state index contributed by atoms with van der Waals surface area (Å²) >= 11 is 0. The number of hydrogen-bond acceptors (Lipinski definition) is 4. The Kier molecular flexibility index (Phi) is 8.26. The van der Waals surface area contributed by atoms with Crippen LogP contribution < -0.4 is 10.1 Å². The first-order chi connectivity index (χ1) is 15.7. The molecule has 0 spiro atoms. The number of hydrogen-bond donors (Lipinski definition) is 1. The van der Waals surface area contributed by atoms with Crippen LogP contribution in [0.4, 0.5) is 0 Å². The molecule has 0 saturated carbocycles. The van der Waals surface area contributed by atoms with Gasteiger partial charge in [-0.05, 0) is 57.2 Å². The van der Waals surface area contributed by atoms with Gasteiger partial charge in [-0.2, -0.15) is 0 Å². The molecule has 2 aromatic carbocycles. The van der Waals surface area contributed by atoms with Gasteiger partial charge in [-0.15, -0.1) is 0 Å². The highest BCUT2D eigenvalue weighted by molar-refractivity contribution is 5.98. The zero-order chi connectivity index (χ0) is 24.0. The summed E-state index contributed by atoms with van der Waals surface area (Å²) in [6.07, 6.45) is 1.77. The van der Waals surface area contributed by atoms with E-state index in [1.807, 2.05) is 45.9 Å². The SMILES string of the molecule is Cc1ccc(C(=O)CCC(=O)NC2CCN(C(=O)COc3c(C)ccc(C)c3C)CC2)cc1. The lowest BCUT2D eigenvalue weighted by Crippen LogP contribution is -2.47. The van der Waals surface area contributed by atoms with Gasteiger partial charge < -0.3 is 15.0 Å². The van der Waals surface area contributed by atoms with Crippen LogP contribution in [-0.2, 0) is 9.59 Å². The fourth-order valence-corrected chi connectivity index (χ4v) is 4.06. The van der Waals surface area contributed by atoms with Crippen molar-refractivity contribution in [3.05, 3.63) is 64.2 Å². The number of rotatable bonds is 8. The minimum Gasteiger partial charge on any atom is -0.483 e. The Morgan fingerprint density at radius 2 is 1.55 bits per heavy atom. The number of amides is 2. The second-order valence-corrected chi connectivity index (χ2v) is 8.95. The first-order valence-corrected chi connectivity index (χ1v) is 11.6. The summed E-state index contributed by atoms with van der Waals surface area (Å²) < 4.78 is 5.86. The van der Waals surface area contributed by atoms with Crippen LogP contribution in [0, 0.1) is 27.7 Å². The molecule has 2 amide bonds. The molecule has 0 radical (unpaired) electrons. The number of nitrogens with one attached hydrogen (secondary N) is 1. The largest absolute Gasteiger partial charge is 0.483 e. The molecule has 6 nitrogen and oxygen atoms in total. The monoisotopic (exact) mass is 450 g/mol. The second kappa shape index (κ2) is 11.1. The third-order valence-electron chi connectivity index (χ3n) is 6.38. The van der Waals surface area contributed by atoms with Gasteiger partial charge in [0, 0.05) is 37.5 Å². The topological polar surface area (TPSA) is 75.7 Å². The number of carbonyl (C=O) groups excluding carboxylic acids is 3. The minimum absolute atomic E-state index is 0.0171. The van der Waals surface area contributed by atoms with Gasteiger partial charge in [0.15, 0.2) is 12.4 Å². The maximum absolute atomic E-state index is 12.6. The molecule has 3 rings (SSSR count). The minimum atomic E-state index is -0.117. The predicted molar refractivity (Wildman–Crippen MR) is 129 cm³/mol. The molecule has 1 fully saturated rings. The summed E-state index contributed by atoms with van der Waals surface area (Å²) in [5, 5.41) is 3.01. The van der Waals surface area contributed by atoms with E-state index >= 15 is 0 Å². The molecule has 0 aliphatic carbocycles. The smallest absolute Gasteiger partial charge is 0.260 e. The van der Waals surface area contributed by atoms with E-state index in [0.29, 0.717) is 31.5 Å². The highest BCUT2D eigenvalue weighted by atomic mass is 16.5. The molecule has 0 aromatic heterocycles. The fourth-order valence-electron chi connectivity index (χ4n) is 4.06. The van der Waals surface area contributed by atoms with Crippen LogP contribution in [0.25, 0.3) is 0 Å². The van der Waals surface area contributed by atoms with Gasteiger partial charge in [-0.1, -0.05) is 42.0 Å². The second-order valence-electron chi connectivity index (χ2n) is 8.95. The maximum Gasteiger partial charge on any atom is 0.260 e. The van der Waals surface area contributed by atoms with E-state index in [1.165, 1.54) is 0 Å². The molecule has 2 aromatic rings. The molecule has 1 aliphatic rings. The van der Waals surface area contributed by atoms with Crippen molar-refractivity contribution >= 4 is 17.6 Å². The Balaban J connectivity index is 1.39. The van der Waals surface area contributed by atoms with Crippen LogP contribution in [0.3, 0.4) is 0 Å². The third kappa shape index (κ3) is 6.67. The molecule has 1 N–H and O–H groups in total. The van der Waals surface area contributed by atoms with Crippen molar-refractivity contribution in [3.63, 3.8) is 0 Å². The Morgan fingerprint density at radius 3 is 2.21 bits per heavy atom. The Hall–Kier alpha value is -3.15. The van der Waals surface area contributed by atoms with E-state index < -0.39 is 0 Å². The molecule has 1 saturated heterocycles. The zero-order valence-corrected chi connectivity index (χ0v) is 20.1. The van der Waals surface area contributed by atoms with Gasteiger partial charge in [-0.3, -0.25) is 14.4 Å². The number of aryl methyl sites for hydroxylation is 3. The Labute approximate surface area is 196 Å². The first-order valence-electron chi connectivity index (χ1n) is 11.6. The number of ketones is 1. The summed E-state index contributed by atoms with van der Waals surface area (Å²) in [5.41, 5.74) is 4.96. The van der Waals surface area contributed by atoms with E-state index in [4.69, 9.17) is 4.74 Å². The summed E-state index contributed by atoms with van der Waals surface area (Å²) in [4.78, 5) is 39.0. The molecule has 0 atom stereocenters. The number of carbonyl (C=O) groups is 3. The normalized spacial score (nSPS) is 14.1. The van der Waals surface area contributed by atoms with Gasteiger partial charge in [0.1, 0.15) is 5.75 Å². The predicted octanol–water partition coefficient (Wildman–Crippen LogP) is 4.07. The molecule has 6 heteroatoms. The summed E-state index contributed by atoms with van der Waals surface area (Å²) in [7, 11) is 0. The Morgan fingerprint density at radius 1 is 0.909 bits per heavy atom. The highest BCUT2D eigenvalue weighted by Gasteiger charge is 2.24. The summed E-state index contributed by atoms with van der Waals surface area (Å²) in [6.45, 7) is 9.17. The van der Waals surface area contributed by atoms with E-state index in [2.05, 4.69) is 11.4 Å². The van der Waals surface area contributed by atoms with E-state index in [-0.39, 0.29) is 43.1 Å². The van der Waals surface area contributed by atoms with E-state index in [9.17, 15) is 14.4 Å². The van der Waals surface area contributed by atoms with Gasteiger partial charge in [0.2, 0.25) is 5.91 Å². The van der Waals surface area contributed by atoms with Gasteiger partial charge in [0.05, 0.1) is 0 Å². The van der Waals surface area contributed by atoms with Crippen LogP contribution in [0.1, 0.15) is 58.3 Å². The molecular weight excluding hydrogens is 416 g/mol. The molecule has 1 heterocycles. The molecule has 33 heavy (non-hydrogen) atoms. The van der Waals surface area contributed by atoms with Crippen LogP contribution in [-0.4, -0.2) is 48.2 Å². The number of piperidine rings is 1. The first kappa shape index (κ1) is 24.5. The van der Waals surface area contributed by atoms with Crippen LogP contribution in [0.2, 0.25) is 0 Å². The lowest BCUT2D eigenvalue weighted by atomic mass is 10.0. The lowest BCUT2D eigenvalue weighted by molar-refractivity contribution is -0.134. The molecule has 1 aliphatic heterocycles. The van der Waals surface area contributed by atoms with Crippen molar-refractivity contribution in [1.29, 1.82) is 0 Å². The third-order valence-corrected chi connectivity index (χ3v) is 6.38. The Bertz CT molecular complexity index is 1010. The van der Waals surface area contributed by atoms with Crippen molar-refractivity contribution in [2.45, 2.75) is 59.4 Å². The number of benzene rings is 2. The highest BCUT2D eigenvalue weighted by Crippen LogP contribution is 2.25. The molecule has 0 bridgehead atoms. The van der Waals surface area contributed by atoms with Crippen molar-refractivity contribution in [3.8, 4) is 5.75 Å². The number of nitrogens with zero attached hydrogens (tertiary/aromatic N) is 1. The molecular formula is C27H34N2O4. The van der Waals surface area contributed by atoms with Crippen molar-refractivity contribution in [2.24, 2.45) is 0 Å². The maximum atomic E-state index is 12.6. The zero-order valence-electron chi connectivity index (χ0n) is 20.1. The van der Waals surface area contributed by atoms with E-state index in [1.54, 1.807) is 17.0 Å². The van der Waals surface area contributed by atoms with E-state index in [0.717, 1.165) is 28.0 Å². The summed E-state index contributed by atoms with van der Waals surface area (Å²) in [5.74, 6) is 0.605. The average molecular weight is 451 g/mol. The lowest BCUT2D eigenvalue weighted by Gasteiger charge is -2.32. The quantitative estimate of drug-likeness (QED) is 0.615. The van der Waals surface area contributed by atoms with Crippen LogP contribution >= 0.6 is 0 Å².